The van der Waals surface area contributed by atoms with Gasteiger partial charge in [0.1, 0.15) is 23.6 Å². The Balaban J connectivity index is 2.23. The molecule has 0 spiro atoms. The summed E-state index contributed by atoms with van der Waals surface area (Å²) in [6.07, 6.45) is 3.28. The van der Waals surface area contributed by atoms with Crippen molar-refractivity contribution in [3.05, 3.63) is 45.5 Å². The largest absolute Gasteiger partial charge is 0.507 e. The number of phenols is 6. The molecule has 0 heterocycles. The summed E-state index contributed by atoms with van der Waals surface area (Å²) >= 11 is 0. The van der Waals surface area contributed by atoms with Crippen molar-refractivity contribution in [3.8, 4) is 45.6 Å². The second-order valence-corrected chi connectivity index (χ2v) is 14.9. The van der Waals surface area contributed by atoms with Crippen molar-refractivity contribution in [3.63, 3.8) is 0 Å². The number of carboxylic acids is 2. The number of nitrogens with zero attached hydrogens (tertiary/aromatic N) is 2. The van der Waals surface area contributed by atoms with Gasteiger partial charge in [0.05, 0.1) is 0 Å². The average Bonchev–Trinajstić information content (AvgIpc) is 3.08. The Morgan fingerprint density at radius 1 is 0.574 bits per heavy atom. The number of rotatable bonds is 13. The molecular formula is C42H52N2O10. The van der Waals surface area contributed by atoms with Crippen molar-refractivity contribution in [1.29, 1.82) is 0 Å². The van der Waals surface area contributed by atoms with Crippen LogP contribution in [0.1, 0.15) is 113 Å². The zero-order valence-corrected chi connectivity index (χ0v) is 32.5. The van der Waals surface area contributed by atoms with Gasteiger partial charge < -0.3 is 40.9 Å². The quantitative estimate of drug-likeness (QED) is 0.0481. The highest BCUT2D eigenvalue weighted by Gasteiger charge is 2.31. The third-order valence-electron chi connectivity index (χ3n) is 10.6. The summed E-state index contributed by atoms with van der Waals surface area (Å²) in [6, 6.07) is 1.02. The Labute approximate surface area is 314 Å². The van der Waals surface area contributed by atoms with Gasteiger partial charge in [0.25, 0.3) is 0 Å². The summed E-state index contributed by atoms with van der Waals surface area (Å²) in [7, 11) is 0. The predicted molar refractivity (Wildman–Crippen MR) is 211 cm³/mol. The van der Waals surface area contributed by atoms with E-state index in [2.05, 4.69) is 9.98 Å². The van der Waals surface area contributed by atoms with Crippen LogP contribution in [0.25, 0.3) is 32.7 Å². The summed E-state index contributed by atoms with van der Waals surface area (Å²) in [5, 5.41) is 90.6. The maximum Gasteiger partial charge on any atom is 0.328 e. The Morgan fingerprint density at radius 2 is 0.889 bits per heavy atom. The first-order valence-corrected chi connectivity index (χ1v) is 18.2. The number of phenolic OH excluding ortho intramolecular Hbond substituents is 6. The Bertz CT molecular complexity index is 2050. The van der Waals surface area contributed by atoms with Crippen LogP contribution in [0.15, 0.2) is 22.1 Å². The van der Waals surface area contributed by atoms with Gasteiger partial charge in [-0.25, -0.2) is 9.59 Å². The van der Waals surface area contributed by atoms with Crippen LogP contribution >= 0.6 is 0 Å². The second kappa shape index (κ2) is 15.8. The minimum absolute atomic E-state index is 0.0570. The molecule has 4 rings (SSSR count). The number of benzene rings is 4. The molecule has 0 aromatic heterocycles. The van der Waals surface area contributed by atoms with E-state index in [9.17, 15) is 50.4 Å². The zero-order chi connectivity index (χ0) is 40.7. The number of aryl methyl sites for hydroxylation is 2. The molecule has 4 aromatic carbocycles. The number of hydrogen-bond acceptors (Lipinski definition) is 10. The minimum atomic E-state index is -1.18. The number of aromatic hydroxyl groups is 6. The minimum Gasteiger partial charge on any atom is -0.507 e. The molecule has 0 aliphatic carbocycles. The molecule has 54 heavy (non-hydrogen) atoms. The monoisotopic (exact) mass is 744 g/mol. The van der Waals surface area contributed by atoms with E-state index in [-0.39, 0.29) is 56.7 Å². The molecule has 12 nitrogen and oxygen atoms in total. The van der Waals surface area contributed by atoms with Crippen molar-refractivity contribution in [1.82, 2.24) is 0 Å². The molecule has 0 aliphatic rings. The van der Waals surface area contributed by atoms with E-state index in [1.54, 1.807) is 67.5 Å². The van der Waals surface area contributed by atoms with Crippen LogP contribution in [-0.2, 0) is 9.59 Å². The van der Waals surface area contributed by atoms with E-state index in [0.29, 0.717) is 45.9 Å². The van der Waals surface area contributed by atoms with E-state index in [4.69, 9.17) is 0 Å². The molecule has 0 saturated carbocycles. The Kier molecular flexibility index (Phi) is 12.1. The number of aliphatic imine (C=N–C) groups is 2. The fourth-order valence-electron chi connectivity index (χ4n) is 7.29. The van der Waals surface area contributed by atoms with Crippen LogP contribution in [-0.4, -0.2) is 77.3 Å². The Morgan fingerprint density at radius 3 is 1.15 bits per heavy atom. The highest BCUT2D eigenvalue weighted by molar-refractivity contribution is 6.15. The molecular weight excluding hydrogens is 692 g/mol. The number of carboxylic acid groups (broad SMARTS) is 2. The van der Waals surface area contributed by atoms with Crippen LogP contribution in [0.2, 0.25) is 0 Å². The third kappa shape index (κ3) is 7.09. The molecule has 0 aliphatic heterocycles. The van der Waals surface area contributed by atoms with Crippen LogP contribution in [0, 0.1) is 25.7 Å². The summed E-state index contributed by atoms with van der Waals surface area (Å²) in [5.74, 6) is -6.70. The van der Waals surface area contributed by atoms with E-state index >= 15 is 0 Å². The molecule has 0 amide bonds. The van der Waals surface area contributed by atoms with Gasteiger partial charge in [-0.15, -0.1) is 0 Å². The van der Waals surface area contributed by atoms with Gasteiger partial charge in [-0.1, -0.05) is 80.4 Å². The number of carbonyl (C=O) groups is 2. The van der Waals surface area contributed by atoms with Crippen LogP contribution in [0.5, 0.6) is 34.5 Å². The van der Waals surface area contributed by atoms with Gasteiger partial charge in [0.15, 0.2) is 23.0 Å². The second-order valence-electron chi connectivity index (χ2n) is 14.9. The topological polar surface area (TPSA) is 221 Å². The maximum atomic E-state index is 12.3. The van der Waals surface area contributed by atoms with Crippen LogP contribution < -0.4 is 0 Å². The molecule has 4 atom stereocenters. The first kappa shape index (κ1) is 41.2. The standard InChI is InChI=1S/C42H52N2O10/c1-11-19(7)33(41(51)52)43-15-25-31-23(27(17(3)4)39(49)35(25)45)13-21(9)29(37(31)47)30-22(10)14-24-28(18(5)6)40(50)36(46)26(32(24)38(30)48)16-44-34(42(53)54)20(8)12-2/h13-20,33-34,45-50H,11-12H2,1-10H3,(H,51,52)(H,53,54)/t19-,20-,33-,34-/m0/s1. The fraction of sp³-hybridized carbons (Fsp3) is 0.429. The lowest BCUT2D eigenvalue weighted by Crippen LogP contribution is -2.25. The van der Waals surface area contributed by atoms with Crippen molar-refractivity contribution in [2.75, 3.05) is 0 Å². The molecule has 4 aromatic rings. The molecule has 12 heteroatoms. The first-order valence-electron chi connectivity index (χ1n) is 18.2. The van der Waals surface area contributed by atoms with Crippen molar-refractivity contribution in [2.24, 2.45) is 21.8 Å². The van der Waals surface area contributed by atoms with Crippen LogP contribution in [0.4, 0.5) is 0 Å². The predicted octanol–water partition coefficient (Wildman–Crippen LogP) is 8.59. The normalized spacial score (nSPS) is 14.5. The molecule has 290 valence electrons. The lowest BCUT2D eigenvalue weighted by atomic mass is 9.83. The van der Waals surface area contributed by atoms with Crippen molar-refractivity contribution in [2.45, 2.75) is 106 Å². The van der Waals surface area contributed by atoms with Gasteiger partial charge >= 0.3 is 11.9 Å². The van der Waals surface area contributed by atoms with E-state index in [1.165, 1.54) is 0 Å². The van der Waals surface area contributed by atoms with Gasteiger partial charge in [-0.05, 0) is 59.4 Å². The maximum absolute atomic E-state index is 12.3. The van der Waals surface area contributed by atoms with Gasteiger partial charge in [-0.2, -0.15) is 0 Å². The molecule has 0 saturated heterocycles. The fourth-order valence-corrected chi connectivity index (χ4v) is 7.29. The lowest BCUT2D eigenvalue weighted by molar-refractivity contribution is -0.140. The molecule has 0 radical (unpaired) electrons. The number of fused-ring (bicyclic) bond motifs is 2. The van der Waals surface area contributed by atoms with Gasteiger partial charge in [0.2, 0.25) is 0 Å². The third-order valence-corrected chi connectivity index (χ3v) is 10.6. The highest BCUT2D eigenvalue weighted by atomic mass is 16.4. The summed E-state index contributed by atoms with van der Waals surface area (Å²) in [5.41, 5.74) is 1.60. The van der Waals surface area contributed by atoms with E-state index in [1.807, 2.05) is 13.8 Å². The Hall–Kier alpha value is -5.52. The van der Waals surface area contributed by atoms with E-state index < -0.39 is 58.5 Å². The van der Waals surface area contributed by atoms with E-state index in [0.717, 1.165) is 12.4 Å². The molecule has 0 unspecified atom stereocenters. The van der Waals surface area contributed by atoms with Gasteiger partial charge in [0, 0.05) is 56.6 Å². The smallest absolute Gasteiger partial charge is 0.328 e. The average molecular weight is 745 g/mol. The summed E-state index contributed by atoms with van der Waals surface area (Å²) in [4.78, 5) is 32.9. The molecule has 8 N–H and O–H groups in total. The van der Waals surface area contributed by atoms with Crippen molar-refractivity contribution >= 4 is 45.9 Å². The lowest BCUT2D eigenvalue weighted by Gasteiger charge is -2.24. The van der Waals surface area contributed by atoms with Crippen LogP contribution in [0.3, 0.4) is 0 Å². The number of aliphatic carboxylic acids is 2. The summed E-state index contributed by atoms with van der Waals surface area (Å²) < 4.78 is 0. The molecule has 0 fully saturated rings. The highest BCUT2D eigenvalue weighted by Crippen LogP contribution is 2.54. The van der Waals surface area contributed by atoms with Crippen molar-refractivity contribution < 1.29 is 50.4 Å². The summed E-state index contributed by atoms with van der Waals surface area (Å²) in [6.45, 7) is 17.7. The molecule has 0 bridgehead atoms. The SMILES string of the molecule is CC[C@H](C)[C@H](N=Cc1c(O)c(O)c(C(C)C)c2cc(C)c(-c3c(C)cc4c(C(C)C)c(O)c(O)c(C=N[C@H](C(=O)O)[C@@H](C)CC)c4c3O)c(O)c12)C(=O)O. The van der Waals surface area contributed by atoms with Gasteiger partial charge in [-0.3, -0.25) is 9.98 Å². The first-order chi connectivity index (χ1) is 25.2. The zero-order valence-electron chi connectivity index (χ0n) is 32.5. The number of hydrogen-bond donors (Lipinski definition) is 8.